The highest BCUT2D eigenvalue weighted by atomic mass is 32.2. The van der Waals surface area contributed by atoms with Gasteiger partial charge in [-0.05, 0) is 60.0 Å². The molecule has 1 aromatic heterocycles. The van der Waals surface area contributed by atoms with Gasteiger partial charge in [0.2, 0.25) is 5.91 Å². The van der Waals surface area contributed by atoms with Gasteiger partial charge in [0.05, 0.1) is 6.20 Å². The molecule has 1 aliphatic heterocycles. The fourth-order valence-electron chi connectivity index (χ4n) is 3.57. The average molecular weight is 464 g/mol. The van der Waals surface area contributed by atoms with Crippen LogP contribution in [0.3, 0.4) is 0 Å². The van der Waals surface area contributed by atoms with Crippen molar-refractivity contribution in [3.63, 3.8) is 0 Å². The maximum Gasteiger partial charge on any atom is 0.248 e. The van der Waals surface area contributed by atoms with Crippen LogP contribution >= 0.6 is 11.8 Å². The Balaban J connectivity index is 1.38. The lowest BCUT2D eigenvalue weighted by atomic mass is 10.1. The van der Waals surface area contributed by atoms with E-state index in [2.05, 4.69) is 21.3 Å². The summed E-state index contributed by atoms with van der Waals surface area (Å²) in [6.45, 7) is 5.10. The standard InChI is InChI=1S/C26H26FN3O2S/c1-19-21(18-30-12-14-33-15-13-30)4-2-6-24(19)29-26(31)10-8-20-7-9-25(23(27)16-20)32-22-5-3-11-28-17-22/h2-11,16-17H,12-15,18H2,1H3,(H,29,31)/b10-8+. The number of benzene rings is 2. The first-order valence-electron chi connectivity index (χ1n) is 10.8. The molecule has 0 saturated carbocycles. The van der Waals surface area contributed by atoms with E-state index in [1.165, 1.54) is 30.0 Å². The summed E-state index contributed by atoms with van der Waals surface area (Å²) in [5.41, 5.74) is 3.64. The molecule has 0 bridgehead atoms. The van der Waals surface area contributed by atoms with Crippen LogP contribution in [0.15, 0.2) is 67.0 Å². The van der Waals surface area contributed by atoms with Crippen molar-refractivity contribution in [1.82, 2.24) is 9.88 Å². The summed E-state index contributed by atoms with van der Waals surface area (Å²) in [6, 6.07) is 14.0. The van der Waals surface area contributed by atoms with E-state index in [0.717, 1.165) is 42.4 Å². The number of ether oxygens (including phenoxy) is 1. The van der Waals surface area contributed by atoms with E-state index >= 15 is 0 Å². The van der Waals surface area contributed by atoms with Gasteiger partial charge < -0.3 is 10.1 Å². The molecule has 0 spiro atoms. The summed E-state index contributed by atoms with van der Waals surface area (Å²) in [6.07, 6.45) is 6.12. The fraction of sp³-hybridized carbons (Fsp3) is 0.231. The van der Waals surface area contributed by atoms with Crippen molar-refractivity contribution in [2.75, 3.05) is 29.9 Å². The molecule has 0 radical (unpaired) electrons. The summed E-state index contributed by atoms with van der Waals surface area (Å²) >= 11 is 1.99. The Morgan fingerprint density at radius 1 is 1.21 bits per heavy atom. The van der Waals surface area contributed by atoms with E-state index in [-0.39, 0.29) is 11.7 Å². The number of nitrogens with zero attached hydrogens (tertiary/aromatic N) is 2. The van der Waals surface area contributed by atoms with Crippen LogP contribution in [0.4, 0.5) is 10.1 Å². The maximum absolute atomic E-state index is 14.4. The van der Waals surface area contributed by atoms with Crippen molar-refractivity contribution in [3.8, 4) is 11.5 Å². The van der Waals surface area contributed by atoms with Gasteiger partial charge in [-0.25, -0.2) is 4.39 Å². The van der Waals surface area contributed by atoms with Gasteiger partial charge in [-0.2, -0.15) is 11.8 Å². The number of halogens is 1. The molecule has 1 amide bonds. The van der Waals surface area contributed by atoms with Crippen molar-refractivity contribution in [3.05, 3.63) is 89.5 Å². The lowest BCUT2D eigenvalue weighted by molar-refractivity contribution is -0.111. The SMILES string of the molecule is Cc1c(CN2CCSCC2)cccc1NC(=O)/C=C/c1ccc(Oc2cccnc2)c(F)c1. The van der Waals surface area contributed by atoms with Crippen molar-refractivity contribution in [2.45, 2.75) is 13.5 Å². The highest BCUT2D eigenvalue weighted by Crippen LogP contribution is 2.25. The first-order chi connectivity index (χ1) is 16.1. The Labute approximate surface area is 197 Å². The van der Waals surface area contributed by atoms with Gasteiger partial charge in [-0.3, -0.25) is 14.7 Å². The van der Waals surface area contributed by atoms with Crippen LogP contribution in [-0.4, -0.2) is 40.4 Å². The topological polar surface area (TPSA) is 54.5 Å². The lowest BCUT2D eigenvalue weighted by Crippen LogP contribution is -2.32. The third-order valence-electron chi connectivity index (χ3n) is 5.45. The molecule has 2 aromatic carbocycles. The Kier molecular flexibility index (Phi) is 7.75. The van der Waals surface area contributed by atoms with Gasteiger partial charge >= 0.3 is 0 Å². The molecule has 170 valence electrons. The summed E-state index contributed by atoms with van der Waals surface area (Å²) in [5, 5.41) is 2.94. The minimum Gasteiger partial charge on any atom is -0.453 e. The van der Waals surface area contributed by atoms with Crippen LogP contribution in [0.25, 0.3) is 6.08 Å². The van der Waals surface area contributed by atoms with Crippen LogP contribution in [0, 0.1) is 12.7 Å². The van der Waals surface area contributed by atoms with Crippen LogP contribution in [0.2, 0.25) is 0 Å². The third kappa shape index (κ3) is 6.43. The Morgan fingerprint density at radius 3 is 2.82 bits per heavy atom. The second kappa shape index (κ2) is 11.1. The number of aromatic nitrogens is 1. The van der Waals surface area contributed by atoms with E-state index in [1.54, 1.807) is 30.5 Å². The van der Waals surface area contributed by atoms with Gasteiger partial charge in [0.25, 0.3) is 0 Å². The zero-order chi connectivity index (χ0) is 23.0. The molecule has 0 unspecified atom stereocenters. The molecule has 1 saturated heterocycles. The maximum atomic E-state index is 14.4. The Hall–Kier alpha value is -3.16. The van der Waals surface area contributed by atoms with Gasteiger partial charge in [0.1, 0.15) is 5.75 Å². The molecule has 3 aromatic rings. The fourth-order valence-corrected chi connectivity index (χ4v) is 4.55. The van der Waals surface area contributed by atoms with E-state index in [4.69, 9.17) is 4.74 Å². The number of carbonyl (C=O) groups excluding carboxylic acids is 1. The quantitative estimate of drug-likeness (QED) is 0.468. The summed E-state index contributed by atoms with van der Waals surface area (Å²) in [4.78, 5) is 18.9. The molecule has 5 nitrogen and oxygen atoms in total. The Morgan fingerprint density at radius 2 is 2.06 bits per heavy atom. The van der Waals surface area contributed by atoms with Gasteiger partial charge in [-0.1, -0.05) is 18.2 Å². The minimum absolute atomic E-state index is 0.101. The monoisotopic (exact) mass is 463 g/mol. The Bertz CT molecular complexity index is 1130. The minimum atomic E-state index is -0.513. The number of thioether (sulfide) groups is 1. The van der Waals surface area contributed by atoms with Crippen LogP contribution in [0.5, 0.6) is 11.5 Å². The zero-order valence-corrected chi connectivity index (χ0v) is 19.3. The summed E-state index contributed by atoms with van der Waals surface area (Å²) in [7, 11) is 0. The molecule has 1 N–H and O–H groups in total. The molecule has 33 heavy (non-hydrogen) atoms. The van der Waals surface area contributed by atoms with E-state index in [0.29, 0.717) is 11.3 Å². The molecule has 0 aliphatic carbocycles. The van der Waals surface area contributed by atoms with Crippen LogP contribution < -0.4 is 10.1 Å². The second-order valence-corrected chi connectivity index (χ2v) is 9.01. The van der Waals surface area contributed by atoms with E-state index < -0.39 is 5.82 Å². The third-order valence-corrected chi connectivity index (χ3v) is 6.39. The van der Waals surface area contributed by atoms with Crippen molar-refractivity contribution in [2.24, 2.45) is 0 Å². The molecule has 0 atom stereocenters. The smallest absolute Gasteiger partial charge is 0.248 e. The zero-order valence-electron chi connectivity index (χ0n) is 18.5. The lowest BCUT2D eigenvalue weighted by Gasteiger charge is -2.27. The van der Waals surface area contributed by atoms with Gasteiger partial charge in [-0.15, -0.1) is 0 Å². The molecule has 1 aliphatic rings. The number of hydrogen-bond donors (Lipinski definition) is 1. The normalized spacial score (nSPS) is 14.4. The van der Waals surface area contributed by atoms with Gasteiger partial charge in [0, 0.05) is 49.1 Å². The van der Waals surface area contributed by atoms with E-state index in [1.807, 2.05) is 30.8 Å². The number of amides is 1. The van der Waals surface area contributed by atoms with Crippen molar-refractivity contribution in [1.29, 1.82) is 0 Å². The van der Waals surface area contributed by atoms with Crippen molar-refractivity contribution >= 4 is 29.4 Å². The number of pyridine rings is 1. The number of carbonyl (C=O) groups is 1. The molecule has 7 heteroatoms. The molecular formula is C26H26FN3O2S. The first kappa shape index (κ1) is 23.0. The predicted octanol–water partition coefficient (Wildman–Crippen LogP) is 5.52. The highest BCUT2D eigenvalue weighted by molar-refractivity contribution is 7.99. The highest BCUT2D eigenvalue weighted by Gasteiger charge is 2.13. The van der Waals surface area contributed by atoms with Crippen LogP contribution in [0.1, 0.15) is 16.7 Å². The molecular weight excluding hydrogens is 437 g/mol. The molecule has 2 heterocycles. The number of anilines is 1. The number of hydrogen-bond acceptors (Lipinski definition) is 5. The van der Waals surface area contributed by atoms with Gasteiger partial charge in [0.15, 0.2) is 11.6 Å². The van der Waals surface area contributed by atoms with E-state index in [9.17, 15) is 9.18 Å². The summed E-state index contributed by atoms with van der Waals surface area (Å²) in [5.74, 6) is 2.11. The predicted molar refractivity (Wildman–Crippen MR) is 132 cm³/mol. The second-order valence-electron chi connectivity index (χ2n) is 7.78. The van der Waals surface area contributed by atoms with Crippen molar-refractivity contribution < 1.29 is 13.9 Å². The summed E-state index contributed by atoms with van der Waals surface area (Å²) < 4.78 is 19.9. The molecule has 4 rings (SSSR count). The molecule has 1 fully saturated rings. The number of rotatable bonds is 7. The largest absolute Gasteiger partial charge is 0.453 e. The average Bonchev–Trinajstić information content (AvgIpc) is 2.83. The van der Waals surface area contributed by atoms with Crippen LogP contribution in [-0.2, 0) is 11.3 Å². The number of nitrogens with one attached hydrogen (secondary N) is 1. The first-order valence-corrected chi connectivity index (χ1v) is 12.0.